The second kappa shape index (κ2) is 12.4. The van der Waals surface area contributed by atoms with Crippen LogP contribution in [-0.2, 0) is 33.2 Å². The third-order valence-corrected chi connectivity index (χ3v) is 6.40. The van der Waals surface area contributed by atoms with Crippen LogP contribution in [0.5, 0.6) is 0 Å². The maximum absolute atomic E-state index is 12.4. The fourth-order valence-corrected chi connectivity index (χ4v) is 4.52. The van der Waals surface area contributed by atoms with E-state index in [4.69, 9.17) is 28.4 Å². The van der Waals surface area contributed by atoms with Gasteiger partial charge in [0.05, 0.1) is 44.2 Å². The van der Waals surface area contributed by atoms with Gasteiger partial charge >= 0.3 is 5.97 Å². The molecule has 0 bridgehead atoms. The Bertz CT molecular complexity index is 724. The lowest BCUT2D eigenvalue weighted by Crippen LogP contribution is -2.61. The summed E-state index contributed by atoms with van der Waals surface area (Å²) in [6.45, 7) is 3.67. The minimum Gasteiger partial charge on any atom is -0.471 e. The Morgan fingerprint density at radius 1 is 1.15 bits per heavy atom. The first kappa shape index (κ1) is 27.0. The first-order valence-electron chi connectivity index (χ1n) is 11.6. The highest BCUT2D eigenvalue weighted by Gasteiger charge is 2.51. The monoisotopic (exact) mass is 488 g/mol. The van der Waals surface area contributed by atoms with Crippen molar-refractivity contribution in [3.63, 3.8) is 0 Å². The third-order valence-electron chi connectivity index (χ3n) is 6.40. The molecule has 3 aliphatic heterocycles. The Hall–Kier alpha value is -1.57. The predicted molar refractivity (Wildman–Crippen MR) is 116 cm³/mol. The summed E-state index contributed by atoms with van der Waals surface area (Å²) >= 11 is 0. The number of hydrogen-bond donors (Lipinski definition) is 4. The van der Waals surface area contributed by atoms with E-state index >= 15 is 0 Å². The Kier molecular flexibility index (Phi) is 9.86. The predicted octanol–water partition coefficient (Wildman–Crippen LogP) is -0.0437. The summed E-state index contributed by atoms with van der Waals surface area (Å²) in [5.74, 6) is -1.44. The van der Waals surface area contributed by atoms with E-state index in [1.165, 1.54) is 13.4 Å². The highest BCUT2D eigenvalue weighted by molar-refractivity contribution is 5.88. The molecule has 0 aromatic heterocycles. The van der Waals surface area contributed by atoms with Crippen molar-refractivity contribution in [2.24, 2.45) is 11.8 Å². The van der Waals surface area contributed by atoms with Gasteiger partial charge in [-0.1, -0.05) is 25.5 Å². The molecular weight excluding hydrogens is 452 g/mol. The van der Waals surface area contributed by atoms with Crippen molar-refractivity contribution in [2.75, 3.05) is 20.3 Å². The van der Waals surface area contributed by atoms with E-state index in [0.717, 1.165) is 12.8 Å². The van der Waals surface area contributed by atoms with E-state index in [1.54, 1.807) is 6.92 Å². The number of methoxy groups -OCH3 is 1. The topological polar surface area (TPSA) is 153 Å². The van der Waals surface area contributed by atoms with Gasteiger partial charge in [-0.25, -0.2) is 4.79 Å². The molecule has 10 atom stereocenters. The molecule has 0 amide bonds. The van der Waals surface area contributed by atoms with Crippen molar-refractivity contribution in [1.82, 2.24) is 0 Å². The molecule has 2 fully saturated rings. The molecule has 0 saturated carbocycles. The zero-order valence-electron chi connectivity index (χ0n) is 19.7. The average Bonchev–Trinajstić information content (AvgIpc) is 2.83. The quantitative estimate of drug-likeness (QED) is 0.255. The highest BCUT2D eigenvalue weighted by atomic mass is 16.8. The first-order chi connectivity index (χ1) is 16.3. The van der Waals surface area contributed by atoms with Gasteiger partial charge in [-0.15, -0.1) is 0 Å². The molecule has 3 rings (SSSR count). The number of aliphatic hydroxyl groups excluding tert-OH is 4. The van der Waals surface area contributed by atoms with Crippen LogP contribution in [0.2, 0.25) is 0 Å². The first-order valence-corrected chi connectivity index (χ1v) is 11.6. The van der Waals surface area contributed by atoms with E-state index in [1.807, 2.05) is 12.2 Å². The van der Waals surface area contributed by atoms with Crippen LogP contribution in [0.25, 0.3) is 0 Å². The number of carbonyl (C=O) groups is 1. The number of ether oxygens (including phenoxy) is 6. The molecule has 2 saturated heterocycles. The number of rotatable bonds is 9. The summed E-state index contributed by atoms with van der Waals surface area (Å²) in [4.78, 5) is 12.4. The summed E-state index contributed by atoms with van der Waals surface area (Å²) in [7, 11) is 1.28. The molecule has 11 nitrogen and oxygen atoms in total. The molecule has 3 unspecified atom stereocenters. The van der Waals surface area contributed by atoms with Crippen LogP contribution in [0.1, 0.15) is 33.1 Å². The maximum Gasteiger partial charge on any atom is 0.337 e. The molecular formula is C23H36O11. The minimum absolute atomic E-state index is 0.312. The Morgan fingerprint density at radius 2 is 1.91 bits per heavy atom. The standard InChI is InChI=1S/C23H36O11/c1-4-5-6-7-8-30-16-9-13-14(21(28)29-3)11-31-22(17(13)12(2)32-16)34-23-20(27)19(26)18(25)15(10-24)33-23/h6-7,11-13,15-20,22-27H,4-5,8-10H2,1-3H3/b7-6-/t12-,13?,15+,16?,17?,18+,19-,20+,22-,23-/m0/s1. The summed E-state index contributed by atoms with van der Waals surface area (Å²) < 4.78 is 33.8. The van der Waals surface area contributed by atoms with Gasteiger partial charge in [0.1, 0.15) is 24.4 Å². The summed E-state index contributed by atoms with van der Waals surface area (Å²) in [6.07, 6.45) is -1.69. The van der Waals surface area contributed by atoms with Crippen LogP contribution in [0.4, 0.5) is 0 Å². The highest BCUT2D eigenvalue weighted by Crippen LogP contribution is 2.43. The molecule has 4 N–H and O–H groups in total. The van der Waals surface area contributed by atoms with Crippen molar-refractivity contribution in [1.29, 1.82) is 0 Å². The molecule has 34 heavy (non-hydrogen) atoms. The van der Waals surface area contributed by atoms with Gasteiger partial charge < -0.3 is 48.8 Å². The van der Waals surface area contributed by atoms with E-state index in [9.17, 15) is 25.2 Å². The van der Waals surface area contributed by atoms with Gasteiger partial charge in [-0.3, -0.25) is 0 Å². The van der Waals surface area contributed by atoms with Crippen LogP contribution in [0, 0.1) is 11.8 Å². The molecule has 0 spiro atoms. The molecule has 0 radical (unpaired) electrons. The van der Waals surface area contributed by atoms with Crippen molar-refractivity contribution in [3.8, 4) is 0 Å². The van der Waals surface area contributed by atoms with Gasteiger partial charge in [-0.05, 0) is 13.3 Å². The lowest BCUT2D eigenvalue weighted by Gasteiger charge is -2.47. The third kappa shape index (κ3) is 5.97. The zero-order valence-corrected chi connectivity index (χ0v) is 19.7. The average molecular weight is 489 g/mol. The SMILES string of the molecule is CCC/C=C\COC1CC2C(C(=O)OC)=CO[C@@H](O[C@@H]3O[C@H](CO)[C@@H](O)[C@H](O)[C@H]3O)C2[C@H](C)O1. The number of hydrogen-bond acceptors (Lipinski definition) is 11. The Balaban J connectivity index is 1.75. The van der Waals surface area contributed by atoms with E-state index in [0.29, 0.717) is 18.6 Å². The Labute approximate surface area is 198 Å². The number of esters is 1. The number of fused-ring (bicyclic) bond motifs is 1. The zero-order chi connectivity index (χ0) is 24.8. The maximum atomic E-state index is 12.4. The smallest absolute Gasteiger partial charge is 0.337 e. The fraction of sp³-hybridized carbons (Fsp3) is 0.783. The summed E-state index contributed by atoms with van der Waals surface area (Å²) in [5.41, 5.74) is 0.312. The minimum atomic E-state index is -1.59. The lowest BCUT2D eigenvalue weighted by molar-refractivity contribution is -0.353. The van der Waals surface area contributed by atoms with E-state index < -0.39 is 73.8 Å². The molecule has 194 valence electrons. The van der Waals surface area contributed by atoms with Crippen molar-refractivity contribution in [2.45, 2.75) is 82.5 Å². The van der Waals surface area contributed by atoms with Gasteiger partial charge in [0.25, 0.3) is 0 Å². The number of aliphatic hydroxyl groups is 4. The van der Waals surface area contributed by atoms with Crippen LogP contribution in [0.3, 0.4) is 0 Å². The van der Waals surface area contributed by atoms with Crippen LogP contribution >= 0.6 is 0 Å². The summed E-state index contributed by atoms with van der Waals surface area (Å²) in [5, 5.41) is 39.8. The van der Waals surface area contributed by atoms with Gasteiger partial charge in [-0.2, -0.15) is 0 Å². The molecule has 3 heterocycles. The molecule has 0 aliphatic carbocycles. The van der Waals surface area contributed by atoms with Crippen molar-refractivity contribution in [3.05, 3.63) is 24.0 Å². The number of carbonyl (C=O) groups excluding carboxylic acids is 1. The summed E-state index contributed by atoms with van der Waals surface area (Å²) in [6, 6.07) is 0. The number of unbranched alkanes of at least 4 members (excludes halogenated alkanes) is 1. The Morgan fingerprint density at radius 3 is 2.59 bits per heavy atom. The van der Waals surface area contributed by atoms with Crippen molar-refractivity contribution < 1.29 is 53.6 Å². The van der Waals surface area contributed by atoms with E-state index in [2.05, 4.69) is 6.92 Å². The fourth-order valence-electron chi connectivity index (χ4n) is 4.52. The van der Waals surface area contributed by atoms with Gasteiger partial charge in [0.15, 0.2) is 12.6 Å². The number of allylic oxidation sites excluding steroid dienone is 1. The molecule has 3 aliphatic rings. The van der Waals surface area contributed by atoms with E-state index in [-0.39, 0.29) is 0 Å². The second-order valence-corrected chi connectivity index (χ2v) is 8.69. The molecule has 0 aromatic carbocycles. The molecule has 11 heteroatoms. The van der Waals surface area contributed by atoms with Gasteiger partial charge in [0.2, 0.25) is 6.29 Å². The molecule has 0 aromatic rings. The van der Waals surface area contributed by atoms with Gasteiger partial charge in [0, 0.05) is 12.3 Å². The normalized spacial score (nSPS) is 40.4. The van der Waals surface area contributed by atoms with Crippen LogP contribution in [-0.4, -0.2) is 96.1 Å². The largest absolute Gasteiger partial charge is 0.471 e. The van der Waals surface area contributed by atoms with Crippen LogP contribution < -0.4 is 0 Å². The van der Waals surface area contributed by atoms with Crippen molar-refractivity contribution >= 4 is 5.97 Å². The lowest BCUT2D eigenvalue weighted by atomic mass is 9.77. The van der Waals surface area contributed by atoms with Crippen LogP contribution in [0.15, 0.2) is 24.0 Å². The second-order valence-electron chi connectivity index (χ2n) is 8.69.